The van der Waals surface area contributed by atoms with Crippen LogP contribution in [0, 0.1) is 0 Å². The molecule has 1 N–H and O–H groups in total. The fourth-order valence-electron chi connectivity index (χ4n) is 1.15. The van der Waals surface area contributed by atoms with Gasteiger partial charge in [0.1, 0.15) is 6.10 Å². The highest BCUT2D eigenvalue weighted by Crippen LogP contribution is 2.28. The van der Waals surface area contributed by atoms with Crippen molar-refractivity contribution in [3.63, 3.8) is 0 Å². The molecule has 0 saturated carbocycles. The summed E-state index contributed by atoms with van der Waals surface area (Å²) in [6, 6.07) is 0. The van der Waals surface area contributed by atoms with E-state index in [1.54, 1.807) is 11.8 Å². The first-order valence-corrected chi connectivity index (χ1v) is 6.94. The minimum absolute atomic E-state index is 0.291. The summed E-state index contributed by atoms with van der Waals surface area (Å²) in [6.45, 7) is 4.05. The molecule has 15 heavy (non-hydrogen) atoms. The van der Waals surface area contributed by atoms with E-state index in [1.165, 1.54) is 24.6 Å². The van der Waals surface area contributed by atoms with Crippen molar-refractivity contribution in [1.82, 2.24) is 14.1 Å². The third kappa shape index (κ3) is 3.06. The highest BCUT2D eigenvalue weighted by molar-refractivity contribution is 7.99. The number of ether oxygens (including phenoxy) is 1. The summed E-state index contributed by atoms with van der Waals surface area (Å²) < 4.78 is 14.1. The van der Waals surface area contributed by atoms with Crippen LogP contribution in [0.25, 0.3) is 0 Å². The first-order chi connectivity index (χ1) is 7.40. The van der Waals surface area contributed by atoms with Gasteiger partial charge in [-0.25, -0.2) is 0 Å². The summed E-state index contributed by atoms with van der Waals surface area (Å²) >= 11 is 2.98. The van der Waals surface area contributed by atoms with Gasteiger partial charge in [0.05, 0.1) is 11.7 Å². The number of nitrogens with zero attached hydrogens (tertiary/aromatic N) is 2. The van der Waals surface area contributed by atoms with Gasteiger partial charge >= 0.3 is 0 Å². The molecule has 1 fully saturated rings. The van der Waals surface area contributed by atoms with Crippen LogP contribution >= 0.6 is 23.5 Å². The molecule has 0 spiro atoms. The first-order valence-electron chi connectivity index (χ1n) is 5.23. The van der Waals surface area contributed by atoms with Crippen LogP contribution < -0.4 is 10.1 Å². The van der Waals surface area contributed by atoms with E-state index in [0.717, 1.165) is 29.7 Å². The zero-order valence-corrected chi connectivity index (χ0v) is 10.4. The maximum Gasteiger partial charge on any atom is 0.260 e. The SMILES string of the molecule is CCCCSc1nsnc1OC1CNC1. The van der Waals surface area contributed by atoms with Crippen LogP contribution in [0.4, 0.5) is 0 Å². The number of thioether (sulfide) groups is 1. The summed E-state index contributed by atoms with van der Waals surface area (Å²) in [7, 11) is 0. The zero-order chi connectivity index (χ0) is 10.5. The monoisotopic (exact) mass is 245 g/mol. The largest absolute Gasteiger partial charge is 0.469 e. The summed E-state index contributed by atoms with van der Waals surface area (Å²) in [5.41, 5.74) is 0. The van der Waals surface area contributed by atoms with Gasteiger partial charge in [-0.3, -0.25) is 0 Å². The topological polar surface area (TPSA) is 47.0 Å². The van der Waals surface area contributed by atoms with E-state index in [0.29, 0.717) is 6.10 Å². The smallest absolute Gasteiger partial charge is 0.260 e. The molecule has 2 heterocycles. The predicted octanol–water partition coefficient (Wildman–Crippen LogP) is 1.78. The lowest BCUT2D eigenvalue weighted by atomic mass is 10.2. The van der Waals surface area contributed by atoms with Gasteiger partial charge in [0, 0.05) is 13.1 Å². The van der Waals surface area contributed by atoms with E-state index in [4.69, 9.17) is 4.74 Å². The van der Waals surface area contributed by atoms with Crippen LogP contribution in [0.2, 0.25) is 0 Å². The zero-order valence-electron chi connectivity index (χ0n) is 8.73. The Balaban J connectivity index is 1.83. The number of unbranched alkanes of at least 4 members (excludes halogenated alkanes) is 1. The second-order valence-electron chi connectivity index (χ2n) is 3.47. The lowest BCUT2D eigenvalue weighted by Gasteiger charge is -2.26. The average molecular weight is 245 g/mol. The third-order valence-corrected chi connectivity index (χ3v) is 3.85. The summed E-state index contributed by atoms with van der Waals surface area (Å²) in [4.78, 5) is 0. The van der Waals surface area contributed by atoms with E-state index >= 15 is 0 Å². The summed E-state index contributed by atoms with van der Waals surface area (Å²) in [5.74, 6) is 1.83. The second-order valence-corrected chi connectivity index (χ2v) is 5.09. The maximum absolute atomic E-state index is 5.71. The third-order valence-electron chi connectivity index (χ3n) is 2.19. The Labute approximate surface area is 98.1 Å². The normalized spacial score (nSPS) is 16.3. The molecule has 2 rings (SSSR count). The molecular weight excluding hydrogens is 230 g/mol. The highest BCUT2D eigenvalue weighted by atomic mass is 32.2. The fourth-order valence-corrected chi connectivity index (χ4v) is 2.76. The fraction of sp³-hybridized carbons (Fsp3) is 0.778. The molecule has 1 saturated heterocycles. The number of nitrogens with one attached hydrogen (secondary N) is 1. The van der Waals surface area contributed by atoms with Crippen molar-refractivity contribution in [2.45, 2.75) is 30.9 Å². The average Bonchev–Trinajstić information content (AvgIpc) is 2.60. The number of rotatable bonds is 6. The standard InChI is InChI=1S/C9H15N3OS2/c1-2-3-4-14-9-8(11-15-12-9)13-7-5-10-6-7/h7,10H,2-6H2,1H3. The second kappa shape index (κ2) is 5.67. The highest BCUT2D eigenvalue weighted by Gasteiger charge is 2.21. The van der Waals surface area contributed by atoms with Gasteiger partial charge in [-0.2, -0.15) is 4.37 Å². The summed E-state index contributed by atoms with van der Waals surface area (Å²) in [6.07, 6.45) is 2.72. The molecule has 1 aromatic heterocycles. The Hall–Kier alpha value is -0.330. The maximum atomic E-state index is 5.71. The van der Waals surface area contributed by atoms with E-state index in [2.05, 4.69) is 21.0 Å². The Kier molecular flexibility index (Phi) is 4.22. The van der Waals surface area contributed by atoms with Crippen molar-refractivity contribution < 1.29 is 4.74 Å². The van der Waals surface area contributed by atoms with Gasteiger partial charge in [-0.15, -0.1) is 4.37 Å². The van der Waals surface area contributed by atoms with Gasteiger partial charge in [0.15, 0.2) is 5.03 Å². The van der Waals surface area contributed by atoms with Crippen molar-refractivity contribution in [3.05, 3.63) is 0 Å². The van der Waals surface area contributed by atoms with Gasteiger partial charge in [0.2, 0.25) is 0 Å². The Morgan fingerprint density at radius 2 is 2.40 bits per heavy atom. The van der Waals surface area contributed by atoms with Crippen LogP contribution in [0.15, 0.2) is 5.03 Å². The predicted molar refractivity (Wildman–Crippen MR) is 62.8 cm³/mol. The quantitative estimate of drug-likeness (QED) is 0.611. The number of aromatic nitrogens is 2. The van der Waals surface area contributed by atoms with E-state index in [9.17, 15) is 0 Å². The van der Waals surface area contributed by atoms with Gasteiger partial charge in [0.25, 0.3) is 5.88 Å². The Morgan fingerprint density at radius 3 is 3.07 bits per heavy atom. The van der Waals surface area contributed by atoms with Gasteiger partial charge < -0.3 is 10.1 Å². The van der Waals surface area contributed by atoms with Crippen molar-refractivity contribution in [2.24, 2.45) is 0 Å². The van der Waals surface area contributed by atoms with Crippen LogP contribution in [0.5, 0.6) is 5.88 Å². The molecule has 0 atom stereocenters. The minimum Gasteiger partial charge on any atom is -0.469 e. The van der Waals surface area contributed by atoms with Gasteiger partial charge in [-0.1, -0.05) is 25.1 Å². The molecule has 0 unspecified atom stereocenters. The van der Waals surface area contributed by atoms with E-state index in [1.807, 2.05) is 0 Å². The summed E-state index contributed by atoms with van der Waals surface area (Å²) in [5, 5.41) is 4.13. The Morgan fingerprint density at radius 1 is 1.53 bits per heavy atom. The molecule has 4 nitrogen and oxygen atoms in total. The molecule has 0 amide bonds. The van der Waals surface area contributed by atoms with Crippen molar-refractivity contribution in [2.75, 3.05) is 18.8 Å². The van der Waals surface area contributed by atoms with Crippen molar-refractivity contribution in [1.29, 1.82) is 0 Å². The molecule has 0 radical (unpaired) electrons. The molecule has 84 valence electrons. The molecule has 0 bridgehead atoms. The molecule has 1 aliphatic heterocycles. The molecular formula is C9H15N3OS2. The van der Waals surface area contributed by atoms with Crippen LogP contribution in [0.3, 0.4) is 0 Å². The van der Waals surface area contributed by atoms with Crippen LogP contribution in [-0.2, 0) is 0 Å². The molecule has 0 aliphatic carbocycles. The molecule has 6 heteroatoms. The number of hydrogen-bond acceptors (Lipinski definition) is 6. The lowest BCUT2D eigenvalue weighted by Crippen LogP contribution is -2.50. The Bertz CT molecular complexity index is 301. The lowest BCUT2D eigenvalue weighted by molar-refractivity contribution is 0.133. The number of hydrogen-bond donors (Lipinski definition) is 1. The van der Waals surface area contributed by atoms with Gasteiger partial charge in [-0.05, 0) is 12.2 Å². The van der Waals surface area contributed by atoms with Crippen molar-refractivity contribution in [3.8, 4) is 5.88 Å². The van der Waals surface area contributed by atoms with Crippen LogP contribution in [0.1, 0.15) is 19.8 Å². The van der Waals surface area contributed by atoms with Crippen molar-refractivity contribution >= 4 is 23.5 Å². The first kappa shape index (κ1) is 11.2. The van der Waals surface area contributed by atoms with E-state index < -0.39 is 0 Å². The molecule has 1 aromatic rings. The minimum atomic E-state index is 0.291. The van der Waals surface area contributed by atoms with Crippen LogP contribution in [-0.4, -0.2) is 33.7 Å². The van der Waals surface area contributed by atoms with E-state index in [-0.39, 0.29) is 0 Å². The molecule has 1 aliphatic rings. The molecule has 0 aromatic carbocycles.